The number of nitrogens with one attached hydrogen (secondary N) is 2. The molecule has 1 heterocycles. The molecule has 0 aromatic heterocycles. The highest BCUT2D eigenvalue weighted by Crippen LogP contribution is 2.29. The molecular weight excluding hydrogens is 347 g/mol. The number of aliphatic hydroxyl groups excluding tert-OH is 1. The summed E-state index contributed by atoms with van der Waals surface area (Å²) in [4.78, 5) is 12.9. The molecule has 0 fully saturated rings. The molecule has 1 aliphatic heterocycles. The fourth-order valence-corrected chi connectivity index (χ4v) is 3.56. The Morgan fingerprint density at radius 3 is 2.78 bits per heavy atom. The maximum atomic E-state index is 14.0. The molecule has 0 bridgehead atoms. The third-order valence-electron chi connectivity index (χ3n) is 5.07. The van der Waals surface area contributed by atoms with Crippen LogP contribution in [0, 0.1) is 5.82 Å². The van der Waals surface area contributed by atoms with Crippen molar-refractivity contribution < 1.29 is 19.0 Å². The molecule has 2 unspecified atom stereocenters. The Labute approximate surface area is 158 Å². The van der Waals surface area contributed by atoms with Crippen LogP contribution in [0.4, 0.5) is 4.39 Å². The number of rotatable bonds is 6. The molecule has 0 radical (unpaired) electrons. The summed E-state index contributed by atoms with van der Waals surface area (Å²) >= 11 is 0. The van der Waals surface area contributed by atoms with Crippen molar-refractivity contribution in [2.45, 2.75) is 38.5 Å². The molecule has 6 heteroatoms. The number of methoxy groups -OCH3 is 1. The summed E-state index contributed by atoms with van der Waals surface area (Å²) < 4.78 is 19.4. The van der Waals surface area contributed by atoms with E-state index in [2.05, 4.69) is 10.6 Å². The number of hydrogen-bond acceptors (Lipinski definition) is 4. The van der Waals surface area contributed by atoms with Crippen LogP contribution in [0.25, 0.3) is 0 Å². The molecule has 2 aromatic rings. The second-order valence-corrected chi connectivity index (χ2v) is 6.65. The lowest BCUT2D eigenvalue weighted by Gasteiger charge is -2.26. The standard InChI is InChI=1S/C21H25FN2O3/c1-3-18(20(25)15-6-4-5-7-17(15)22)24-21(26)14-8-9-19(27-2)16-12-23-11-10-13(14)16/h4-9,18,20,23,25H,3,10-12H2,1-2H3,(H,24,26). The van der Waals surface area contributed by atoms with Crippen LogP contribution in [0.3, 0.4) is 0 Å². The first kappa shape index (κ1) is 19.3. The van der Waals surface area contributed by atoms with E-state index in [9.17, 15) is 14.3 Å². The van der Waals surface area contributed by atoms with Crippen molar-refractivity contribution in [3.8, 4) is 5.75 Å². The Hall–Kier alpha value is -2.44. The third kappa shape index (κ3) is 3.96. The van der Waals surface area contributed by atoms with Gasteiger partial charge in [0.05, 0.1) is 13.2 Å². The highest BCUT2D eigenvalue weighted by atomic mass is 19.1. The van der Waals surface area contributed by atoms with Crippen molar-refractivity contribution >= 4 is 5.91 Å². The molecule has 2 aromatic carbocycles. The van der Waals surface area contributed by atoms with Gasteiger partial charge < -0.3 is 20.5 Å². The Morgan fingerprint density at radius 1 is 1.30 bits per heavy atom. The number of amides is 1. The monoisotopic (exact) mass is 372 g/mol. The maximum Gasteiger partial charge on any atom is 0.251 e. The van der Waals surface area contributed by atoms with E-state index in [1.807, 2.05) is 6.92 Å². The van der Waals surface area contributed by atoms with Crippen LogP contribution in [0.5, 0.6) is 5.75 Å². The Morgan fingerprint density at radius 2 is 2.07 bits per heavy atom. The minimum Gasteiger partial charge on any atom is -0.496 e. The molecule has 144 valence electrons. The van der Waals surface area contributed by atoms with Gasteiger partial charge in [-0.15, -0.1) is 0 Å². The largest absolute Gasteiger partial charge is 0.496 e. The van der Waals surface area contributed by atoms with Crippen molar-refractivity contribution in [2.24, 2.45) is 0 Å². The number of carbonyl (C=O) groups excluding carboxylic acids is 1. The second-order valence-electron chi connectivity index (χ2n) is 6.65. The third-order valence-corrected chi connectivity index (χ3v) is 5.07. The van der Waals surface area contributed by atoms with Gasteiger partial charge in [-0.25, -0.2) is 4.39 Å². The normalized spacial score (nSPS) is 15.6. The number of hydrogen-bond donors (Lipinski definition) is 3. The number of aliphatic hydroxyl groups is 1. The summed E-state index contributed by atoms with van der Waals surface area (Å²) in [5.41, 5.74) is 2.71. The van der Waals surface area contributed by atoms with E-state index in [4.69, 9.17) is 4.74 Å². The van der Waals surface area contributed by atoms with Crippen LogP contribution in [0.1, 0.15) is 46.5 Å². The molecule has 5 nitrogen and oxygen atoms in total. The topological polar surface area (TPSA) is 70.6 Å². The summed E-state index contributed by atoms with van der Waals surface area (Å²) in [7, 11) is 1.61. The van der Waals surface area contributed by atoms with Gasteiger partial charge in [-0.05, 0) is 43.1 Å². The van der Waals surface area contributed by atoms with Gasteiger partial charge in [0.25, 0.3) is 5.91 Å². The van der Waals surface area contributed by atoms with Crippen LogP contribution in [0.15, 0.2) is 36.4 Å². The molecule has 27 heavy (non-hydrogen) atoms. The number of fused-ring (bicyclic) bond motifs is 1. The second kappa shape index (κ2) is 8.50. The average molecular weight is 372 g/mol. The summed E-state index contributed by atoms with van der Waals surface area (Å²) in [6.07, 6.45) is 0.0826. The van der Waals surface area contributed by atoms with Crippen LogP contribution in [0.2, 0.25) is 0 Å². The van der Waals surface area contributed by atoms with Gasteiger partial charge in [-0.2, -0.15) is 0 Å². The molecule has 0 saturated carbocycles. The molecule has 3 rings (SSSR count). The first-order chi connectivity index (χ1) is 13.1. The predicted octanol–water partition coefficient (Wildman–Crippen LogP) is 2.72. The van der Waals surface area contributed by atoms with Crippen molar-refractivity contribution in [1.29, 1.82) is 0 Å². The van der Waals surface area contributed by atoms with E-state index < -0.39 is 18.0 Å². The minimum atomic E-state index is -1.11. The van der Waals surface area contributed by atoms with Gasteiger partial charge in [0, 0.05) is 23.2 Å². The minimum absolute atomic E-state index is 0.186. The van der Waals surface area contributed by atoms with E-state index in [0.29, 0.717) is 18.5 Å². The van der Waals surface area contributed by atoms with Crippen molar-refractivity contribution in [3.63, 3.8) is 0 Å². The molecular formula is C21H25FN2O3. The maximum absolute atomic E-state index is 14.0. The highest BCUT2D eigenvalue weighted by Gasteiger charge is 2.26. The molecule has 0 spiro atoms. The van der Waals surface area contributed by atoms with E-state index >= 15 is 0 Å². The highest BCUT2D eigenvalue weighted by molar-refractivity contribution is 5.96. The van der Waals surface area contributed by atoms with Gasteiger partial charge in [0.15, 0.2) is 0 Å². The number of ether oxygens (including phenoxy) is 1. The SMILES string of the molecule is CCC(NC(=O)c1ccc(OC)c2c1CCNC2)C(O)c1ccccc1F. The van der Waals surface area contributed by atoms with Crippen LogP contribution in [-0.4, -0.2) is 30.7 Å². The van der Waals surface area contributed by atoms with Crippen molar-refractivity contribution in [3.05, 3.63) is 64.5 Å². The summed E-state index contributed by atoms with van der Waals surface area (Å²) in [5, 5.41) is 16.8. The van der Waals surface area contributed by atoms with Gasteiger partial charge in [-0.3, -0.25) is 4.79 Å². The zero-order valence-corrected chi connectivity index (χ0v) is 15.6. The average Bonchev–Trinajstić information content (AvgIpc) is 2.70. The van der Waals surface area contributed by atoms with E-state index in [1.54, 1.807) is 31.4 Å². The molecule has 0 aliphatic carbocycles. The number of halogens is 1. The van der Waals surface area contributed by atoms with Crippen LogP contribution >= 0.6 is 0 Å². The molecule has 1 amide bonds. The summed E-state index contributed by atoms with van der Waals surface area (Å²) in [6, 6.07) is 9.03. The van der Waals surface area contributed by atoms with Gasteiger partial charge >= 0.3 is 0 Å². The fraction of sp³-hybridized carbons (Fsp3) is 0.381. The van der Waals surface area contributed by atoms with E-state index in [-0.39, 0.29) is 11.5 Å². The first-order valence-electron chi connectivity index (χ1n) is 9.19. The van der Waals surface area contributed by atoms with Gasteiger partial charge in [0.1, 0.15) is 17.7 Å². The smallest absolute Gasteiger partial charge is 0.251 e. The predicted molar refractivity (Wildman–Crippen MR) is 101 cm³/mol. The fourth-order valence-electron chi connectivity index (χ4n) is 3.56. The zero-order chi connectivity index (χ0) is 19.4. The number of benzene rings is 2. The van der Waals surface area contributed by atoms with Crippen LogP contribution in [-0.2, 0) is 13.0 Å². The molecule has 0 saturated heterocycles. The van der Waals surface area contributed by atoms with E-state index in [0.717, 1.165) is 29.8 Å². The Balaban J connectivity index is 1.85. The lowest BCUT2D eigenvalue weighted by atomic mass is 9.93. The van der Waals surface area contributed by atoms with E-state index in [1.165, 1.54) is 12.1 Å². The lowest BCUT2D eigenvalue weighted by molar-refractivity contribution is 0.0818. The molecule has 1 aliphatic rings. The van der Waals surface area contributed by atoms with Crippen LogP contribution < -0.4 is 15.4 Å². The van der Waals surface area contributed by atoms with Gasteiger partial charge in [0.2, 0.25) is 0 Å². The summed E-state index contributed by atoms with van der Waals surface area (Å²) in [5.74, 6) is 0.0100. The zero-order valence-electron chi connectivity index (χ0n) is 15.6. The molecule has 2 atom stereocenters. The number of carbonyl (C=O) groups is 1. The molecule has 3 N–H and O–H groups in total. The Kier molecular flexibility index (Phi) is 6.08. The van der Waals surface area contributed by atoms with Crippen molar-refractivity contribution in [1.82, 2.24) is 10.6 Å². The first-order valence-corrected chi connectivity index (χ1v) is 9.19. The van der Waals surface area contributed by atoms with Gasteiger partial charge in [-0.1, -0.05) is 25.1 Å². The Bertz CT molecular complexity index is 825. The summed E-state index contributed by atoms with van der Waals surface area (Å²) in [6.45, 7) is 3.28. The quantitative estimate of drug-likeness (QED) is 0.729. The lowest BCUT2D eigenvalue weighted by Crippen LogP contribution is -2.40. The van der Waals surface area contributed by atoms with Crippen molar-refractivity contribution in [2.75, 3.05) is 13.7 Å².